The third kappa shape index (κ3) is 2.96. The smallest absolute Gasteiger partial charge is 0.237 e. The lowest BCUT2D eigenvalue weighted by Gasteiger charge is -2.12. The SMILES string of the molecule is Cc1ncoc1-c1ccc(CNC(=O)C2CCCN2)cc1O. The molecule has 6 nitrogen and oxygen atoms in total. The lowest BCUT2D eigenvalue weighted by Crippen LogP contribution is -2.39. The highest BCUT2D eigenvalue weighted by molar-refractivity contribution is 5.82. The first-order valence-corrected chi connectivity index (χ1v) is 7.38. The summed E-state index contributed by atoms with van der Waals surface area (Å²) < 4.78 is 5.29. The molecule has 3 N–H and O–H groups in total. The van der Waals surface area contributed by atoms with Gasteiger partial charge in [-0.15, -0.1) is 0 Å². The van der Waals surface area contributed by atoms with E-state index in [1.165, 1.54) is 6.39 Å². The summed E-state index contributed by atoms with van der Waals surface area (Å²) in [6.07, 6.45) is 3.26. The molecule has 2 heterocycles. The molecule has 3 rings (SSSR count). The van der Waals surface area contributed by atoms with Crippen molar-refractivity contribution in [3.8, 4) is 17.1 Å². The Morgan fingerprint density at radius 2 is 2.41 bits per heavy atom. The molecule has 22 heavy (non-hydrogen) atoms. The number of carbonyl (C=O) groups excluding carboxylic acids is 1. The molecule has 0 bridgehead atoms. The summed E-state index contributed by atoms with van der Waals surface area (Å²) in [4.78, 5) is 16.0. The Bertz CT molecular complexity index is 675. The van der Waals surface area contributed by atoms with Gasteiger partial charge in [-0.1, -0.05) is 6.07 Å². The molecule has 116 valence electrons. The minimum Gasteiger partial charge on any atom is -0.507 e. The second-order valence-corrected chi connectivity index (χ2v) is 5.49. The summed E-state index contributed by atoms with van der Waals surface area (Å²) in [6.45, 7) is 3.10. The van der Waals surface area contributed by atoms with Crippen LogP contribution in [0.2, 0.25) is 0 Å². The summed E-state index contributed by atoms with van der Waals surface area (Å²) in [5.74, 6) is 0.681. The van der Waals surface area contributed by atoms with E-state index in [1.54, 1.807) is 12.1 Å². The van der Waals surface area contributed by atoms with Crippen LogP contribution in [0, 0.1) is 6.92 Å². The quantitative estimate of drug-likeness (QED) is 0.800. The predicted molar refractivity (Wildman–Crippen MR) is 81.2 cm³/mol. The van der Waals surface area contributed by atoms with Crippen molar-refractivity contribution in [2.24, 2.45) is 0 Å². The average Bonchev–Trinajstić information content (AvgIpc) is 3.16. The van der Waals surface area contributed by atoms with E-state index in [1.807, 2.05) is 13.0 Å². The number of phenolic OH excluding ortho intramolecular Hbond substituents is 1. The summed E-state index contributed by atoms with van der Waals surface area (Å²) >= 11 is 0. The van der Waals surface area contributed by atoms with Gasteiger partial charge in [0.1, 0.15) is 5.75 Å². The van der Waals surface area contributed by atoms with Crippen LogP contribution in [0.3, 0.4) is 0 Å². The number of nitrogens with one attached hydrogen (secondary N) is 2. The molecule has 1 atom stereocenters. The van der Waals surface area contributed by atoms with Gasteiger partial charge in [-0.3, -0.25) is 4.79 Å². The monoisotopic (exact) mass is 301 g/mol. The second kappa shape index (κ2) is 6.19. The van der Waals surface area contributed by atoms with Crippen molar-refractivity contribution in [2.75, 3.05) is 6.54 Å². The minimum atomic E-state index is -0.0929. The standard InChI is InChI=1S/C16H19N3O3/c1-10-15(22-9-19-10)12-5-4-11(7-14(12)20)8-18-16(21)13-3-2-6-17-13/h4-5,7,9,13,17,20H,2-3,6,8H2,1H3,(H,18,21). The van der Waals surface area contributed by atoms with Crippen LogP contribution in [-0.4, -0.2) is 28.6 Å². The van der Waals surface area contributed by atoms with E-state index in [0.717, 1.165) is 30.6 Å². The normalized spacial score (nSPS) is 17.6. The topological polar surface area (TPSA) is 87.4 Å². The number of rotatable bonds is 4. The zero-order valence-electron chi connectivity index (χ0n) is 12.4. The van der Waals surface area contributed by atoms with Gasteiger partial charge in [-0.2, -0.15) is 0 Å². The van der Waals surface area contributed by atoms with Gasteiger partial charge in [0.2, 0.25) is 5.91 Å². The minimum absolute atomic E-state index is 0.00662. The predicted octanol–water partition coefficient (Wildman–Crippen LogP) is 1.72. The fourth-order valence-electron chi connectivity index (χ4n) is 2.66. The first-order valence-electron chi connectivity index (χ1n) is 7.38. The van der Waals surface area contributed by atoms with E-state index in [2.05, 4.69) is 15.6 Å². The van der Waals surface area contributed by atoms with Gasteiger partial charge in [-0.25, -0.2) is 4.98 Å². The molecule has 0 aliphatic carbocycles. The summed E-state index contributed by atoms with van der Waals surface area (Å²) in [5, 5.41) is 16.2. The van der Waals surface area contributed by atoms with E-state index in [4.69, 9.17) is 4.42 Å². The van der Waals surface area contributed by atoms with Crippen molar-refractivity contribution in [3.05, 3.63) is 35.9 Å². The summed E-state index contributed by atoms with van der Waals surface area (Å²) in [7, 11) is 0. The second-order valence-electron chi connectivity index (χ2n) is 5.49. The van der Waals surface area contributed by atoms with Crippen LogP contribution in [0.25, 0.3) is 11.3 Å². The molecule has 1 aliphatic rings. The number of carbonyl (C=O) groups is 1. The van der Waals surface area contributed by atoms with E-state index >= 15 is 0 Å². The summed E-state index contributed by atoms with van der Waals surface area (Å²) in [5.41, 5.74) is 2.16. The summed E-state index contributed by atoms with van der Waals surface area (Å²) in [6, 6.07) is 5.18. The van der Waals surface area contributed by atoms with Crippen molar-refractivity contribution in [1.82, 2.24) is 15.6 Å². The number of hydrogen-bond acceptors (Lipinski definition) is 5. The first-order chi connectivity index (χ1) is 10.6. The fourth-order valence-corrected chi connectivity index (χ4v) is 2.66. The Kier molecular flexibility index (Phi) is 4.11. The zero-order chi connectivity index (χ0) is 15.5. The molecule has 1 unspecified atom stereocenters. The van der Waals surface area contributed by atoms with E-state index < -0.39 is 0 Å². The highest BCUT2D eigenvalue weighted by Crippen LogP contribution is 2.31. The van der Waals surface area contributed by atoms with Gasteiger partial charge in [0.05, 0.1) is 17.3 Å². The molecule has 1 fully saturated rings. The number of amides is 1. The van der Waals surface area contributed by atoms with Crippen molar-refractivity contribution in [3.63, 3.8) is 0 Å². The van der Waals surface area contributed by atoms with Crippen LogP contribution in [0.4, 0.5) is 0 Å². The van der Waals surface area contributed by atoms with Gasteiger partial charge in [0.25, 0.3) is 0 Å². The lowest BCUT2D eigenvalue weighted by atomic mass is 10.1. The Balaban J connectivity index is 1.67. The molecule has 1 amide bonds. The Labute approximate surface area is 128 Å². The van der Waals surface area contributed by atoms with Gasteiger partial charge in [0, 0.05) is 6.54 Å². The number of hydrogen-bond donors (Lipinski definition) is 3. The Morgan fingerprint density at radius 3 is 3.05 bits per heavy atom. The van der Waals surface area contributed by atoms with Crippen LogP contribution in [-0.2, 0) is 11.3 Å². The molecule has 1 aromatic carbocycles. The van der Waals surface area contributed by atoms with Crippen LogP contribution in [0.5, 0.6) is 5.75 Å². The van der Waals surface area contributed by atoms with Crippen molar-refractivity contribution in [1.29, 1.82) is 0 Å². The maximum absolute atomic E-state index is 11.9. The highest BCUT2D eigenvalue weighted by Gasteiger charge is 2.21. The number of phenols is 1. The number of aromatic nitrogens is 1. The van der Waals surface area contributed by atoms with E-state index in [9.17, 15) is 9.90 Å². The van der Waals surface area contributed by atoms with Gasteiger partial charge >= 0.3 is 0 Å². The van der Waals surface area contributed by atoms with E-state index in [-0.39, 0.29) is 17.7 Å². The highest BCUT2D eigenvalue weighted by atomic mass is 16.3. The van der Waals surface area contributed by atoms with Crippen LogP contribution in [0.15, 0.2) is 29.0 Å². The van der Waals surface area contributed by atoms with E-state index in [0.29, 0.717) is 17.9 Å². The number of aryl methyl sites for hydroxylation is 1. The van der Waals surface area contributed by atoms with Crippen LogP contribution < -0.4 is 10.6 Å². The molecular formula is C16H19N3O3. The molecule has 0 radical (unpaired) electrons. The Hall–Kier alpha value is -2.34. The van der Waals surface area contributed by atoms with Crippen molar-refractivity contribution < 1.29 is 14.3 Å². The molecule has 1 saturated heterocycles. The molecule has 6 heteroatoms. The van der Waals surface area contributed by atoms with Crippen molar-refractivity contribution >= 4 is 5.91 Å². The molecular weight excluding hydrogens is 282 g/mol. The van der Waals surface area contributed by atoms with Gasteiger partial charge in [-0.05, 0) is 44.0 Å². The molecule has 2 aromatic rings. The number of oxazole rings is 1. The van der Waals surface area contributed by atoms with Crippen molar-refractivity contribution in [2.45, 2.75) is 32.4 Å². The maximum Gasteiger partial charge on any atom is 0.237 e. The number of benzene rings is 1. The van der Waals surface area contributed by atoms with Crippen LogP contribution >= 0.6 is 0 Å². The van der Waals surface area contributed by atoms with Crippen LogP contribution in [0.1, 0.15) is 24.1 Å². The maximum atomic E-state index is 11.9. The van der Waals surface area contributed by atoms with Gasteiger partial charge < -0.3 is 20.2 Å². The zero-order valence-corrected chi connectivity index (χ0v) is 12.4. The average molecular weight is 301 g/mol. The third-order valence-electron chi connectivity index (χ3n) is 3.90. The Morgan fingerprint density at radius 1 is 1.55 bits per heavy atom. The molecule has 1 aliphatic heterocycles. The third-order valence-corrected chi connectivity index (χ3v) is 3.90. The van der Waals surface area contributed by atoms with Gasteiger partial charge in [0.15, 0.2) is 12.2 Å². The number of nitrogens with zero attached hydrogens (tertiary/aromatic N) is 1. The molecule has 1 aromatic heterocycles. The fraction of sp³-hybridized carbons (Fsp3) is 0.375. The molecule has 0 spiro atoms. The largest absolute Gasteiger partial charge is 0.507 e. The number of aromatic hydroxyl groups is 1. The lowest BCUT2D eigenvalue weighted by molar-refractivity contribution is -0.122. The first kappa shape index (κ1) is 14.6. The molecule has 0 saturated carbocycles.